The summed E-state index contributed by atoms with van der Waals surface area (Å²) in [7, 11) is 0. The van der Waals surface area contributed by atoms with Crippen molar-refractivity contribution in [3.8, 4) is 5.69 Å². The number of hydrogen-bond donors (Lipinski definition) is 0. The van der Waals surface area contributed by atoms with Gasteiger partial charge in [0.2, 0.25) is 0 Å². The zero-order chi connectivity index (χ0) is 32.8. The molecule has 0 N–H and O–H groups in total. The third-order valence-electron chi connectivity index (χ3n) is 10.1. The molecule has 0 saturated carbocycles. The summed E-state index contributed by atoms with van der Waals surface area (Å²) in [4.78, 5) is 2.35. The van der Waals surface area contributed by atoms with Crippen LogP contribution in [-0.4, -0.2) is 4.57 Å². The standard InChI is InChI=1S/C46H28N2O2/c1-2-14-31(15-3-1)47-38-19-8-6-16-33(38)34-25-24-32(28-41(34)47)48(40-21-10-18-36-35-17-7-9-22-42(35)50-46(36)40)39-20-11-23-43-45(39)37-26-29-12-4-5-13-30(29)27-44(37)49-43/h1-28H. The monoisotopic (exact) mass is 640 g/mol. The molecule has 0 aliphatic carbocycles. The molecular weight excluding hydrogens is 613 g/mol. The van der Waals surface area contributed by atoms with Crippen LogP contribution in [0.1, 0.15) is 0 Å². The van der Waals surface area contributed by atoms with Gasteiger partial charge in [-0.1, -0.05) is 103 Å². The fourth-order valence-electron chi connectivity index (χ4n) is 7.95. The molecule has 0 fully saturated rings. The molecule has 11 aromatic rings. The van der Waals surface area contributed by atoms with Gasteiger partial charge in [0.1, 0.15) is 16.7 Å². The maximum atomic E-state index is 6.70. The van der Waals surface area contributed by atoms with E-state index < -0.39 is 0 Å². The first-order chi connectivity index (χ1) is 24.8. The highest BCUT2D eigenvalue weighted by Gasteiger charge is 2.24. The topological polar surface area (TPSA) is 34.5 Å². The van der Waals surface area contributed by atoms with Gasteiger partial charge in [-0.15, -0.1) is 0 Å². The maximum absolute atomic E-state index is 6.70. The van der Waals surface area contributed by atoms with E-state index in [1.807, 2.05) is 12.1 Å². The van der Waals surface area contributed by atoms with Crippen molar-refractivity contribution in [3.63, 3.8) is 0 Å². The van der Waals surface area contributed by atoms with Crippen LogP contribution in [0.2, 0.25) is 0 Å². The second kappa shape index (κ2) is 10.4. The summed E-state index contributed by atoms with van der Waals surface area (Å²) in [6.45, 7) is 0. The van der Waals surface area contributed by atoms with Crippen molar-refractivity contribution in [2.45, 2.75) is 0 Å². The maximum Gasteiger partial charge on any atom is 0.159 e. The first-order valence-electron chi connectivity index (χ1n) is 16.9. The van der Waals surface area contributed by atoms with Crippen LogP contribution in [0, 0.1) is 0 Å². The molecule has 234 valence electrons. The SMILES string of the molecule is c1ccc(-n2c3ccccc3c3ccc(N(c4cccc5c4oc4ccccc45)c4cccc5oc6cc7ccccc7cc6c45)cc32)cc1. The Morgan fingerprint density at radius 2 is 1.08 bits per heavy atom. The van der Waals surface area contributed by atoms with Crippen LogP contribution < -0.4 is 4.90 Å². The zero-order valence-corrected chi connectivity index (χ0v) is 26.9. The molecule has 0 bridgehead atoms. The third-order valence-corrected chi connectivity index (χ3v) is 10.1. The molecule has 0 unspecified atom stereocenters. The summed E-state index contributed by atoms with van der Waals surface area (Å²) in [5.41, 5.74) is 9.85. The second-order valence-corrected chi connectivity index (χ2v) is 12.9. The fraction of sp³-hybridized carbons (Fsp3) is 0. The lowest BCUT2D eigenvalue weighted by atomic mass is 10.0. The normalized spacial score (nSPS) is 12.0. The van der Waals surface area contributed by atoms with Crippen LogP contribution in [0.5, 0.6) is 0 Å². The van der Waals surface area contributed by atoms with Crippen molar-refractivity contribution >= 4 is 93.5 Å². The molecule has 4 heteroatoms. The van der Waals surface area contributed by atoms with E-state index in [2.05, 4.69) is 167 Å². The Bertz CT molecular complexity index is 3110. The molecule has 0 atom stereocenters. The van der Waals surface area contributed by atoms with E-state index in [4.69, 9.17) is 8.83 Å². The van der Waals surface area contributed by atoms with Crippen LogP contribution in [0.25, 0.3) is 82.1 Å². The first kappa shape index (κ1) is 27.2. The van der Waals surface area contributed by atoms with E-state index in [9.17, 15) is 0 Å². The molecule has 11 rings (SSSR count). The summed E-state index contributed by atoms with van der Waals surface area (Å²) in [6, 6.07) is 60.1. The van der Waals surface area contributed by atoms with Crippen LogP contribution in [-0.2, 0) is 0 Å². The largest absolute Gasteiger partial charge is 0.456 e. The molecule has 50 heavy (non-hydrogen) atoms. The highest BCUT2D eigenvalue weighted by Crippen LogP contribution is 2.48. The Morgan fingerprint density at radius 1 is 0.400 bits per heavy atom. The predicted molar refractivity (Wildman–Crippen MR) is 208 cm³/mol. The van der Waals surface area contributed by atoms with Crippen molar-refractivity contribution in [2.75, 3.05) is 4.90 Å². The molecule has 0 aliphatic rings. The number of hydrogen-bond acceptors (Lipinski definition) is 3. The summed E-state index contributed by atoms with van der Waals surface area (Å²) < 4.78 is 15.7. The Morgan fingerprint density at radius 3 is 1.98 bits per heavy atom. The number of furan rings is 2. The van der Waals surface area contributed by atoms with Crippen LogP contribution in [0.4, 0.5) is 17.1 Å². The molecule has 3 heterocycles. The first-order valence-corrected chi connectivity index (χ1v) is 16.9. The van der Waals surface area contributed by atoms with E-state index >= 15 is 0 Å². The van der Waals surface area contributed by atoms with Gasteiger partial charge in [-0.2, -0.15) is 0 Å². The van der Waals surface area contributed by atoms with E-state index in [1.54, 1.807) is 0 Å². The van der Waals surface area contributed by atoms with Gasteiger partial charge in [0.05, 0.1) is 27.8 Å². The van der Waals surface area contributed by atoms with Gasteiger partial charge < -0.3 is 18.3 Å². The molecule has 0 amide bonds. The fourth-order valence-corrected chi connectivity index (χ4v) is 7.95. The summed E-state index contributed by atoms with van der Waals surface area (Å²) >= 11 is 0. The Labute approximate surface area is 286 Å². The average Bonchev–Trinajstić information content (AvgIpc) is 3.84. The Kier molecular flexibility index (Phi) is 5.63. The highest BCUT2D eigenvalue weighted by atomic mass is 16.3. The van der Waals surface area contributed by atoms with Crippen LogP contribution in [0.3, 0.4) is 0 Å². The van der Waals surface area contributed by atoms with Crippen molar-refractivity contribution in [2.24, 2.45) is 0 Å². The quantitative estimate of drug-likeness (QED) is 0.192. The van der Waals surface area contributed by atoms with Crippen LogP contribution >= 0.6 is 0 Å². The summed E-state index contributed by atoms with van der Waals surface area (Å²) in [5, 5.41) is 9.08. The smallest absolute Gasteiger partial charge is 0.159 e. The highest BCUT2D eigenvalue weighted by molar-refractivity contribution is 6.18. The van der Waals surface area contributed by atoms with Crippen LogP contribution in [0.15, 0.2) is 179 Å². The van der Waals surface area contributed by atoms with Gasteiger partial charge >= 0.3 is 0 Å². The number of para-hydroxylation sites is 4. The molecule has 0 saturated heterocycles. The summed E-state index contributed by atoms with van der Waals surface area (Å²) in [5.74, 6) is 0. The van der Waals surface area contributed by atoms with E-state index in [0.29, 0.717) is 0 Å². The van der Waals surface area contributed by atoms with Crippen molar-refractivity contribution in [1.29, 1.82) is 0 Å². The number of anilines is 3. The molecular formula is C46H28N2O2. The minimum absolute atomic E-state index is 0.840. The third kappa shape index (κ3) is 3.87. The molecule has 8 aromatic carbocycles. The van der Waals surface area contributed by atoms with Gasteiger partial charge in [0.25, 0.3) is 0 Å². The van der Waals surface area contributed by atoms with Gasteiger partial charge in [-0.05, 0) is 77.5 Å². The minimum Gasteiger partial charge on any atom is -0.456 e. The number of nitrogens with zero attached hydrogens (tertiary/aromatic N) is 2. The number of fused-ring (bicyclic) bond motifs is 10. The van der Waals surface area contributed by atoms with Gasteiger partial charge in [0.15, 0.2) is 5.58 Å². The molecule has 0 radical (unpaired) electrons. The van der Waals surface area contributed by atoms with E-state index in [-0.39, 0.29) is 0 Å². The van der Waals surface area contributed by atoms with Gasteiger partial charge in [-0.25, -0.2) is 0 Å². The molecule has 0 aliphatic heterocycles. The lowest BCUT2D eigenvalue weighted by Crippen LogP contribution is -2.11. The van der Waals surface area contributed by atoms with Crippen molar-refractivity contribution in [1.82, 2.24) is 4.57 Å². The predicted octanol–water partition coefficient (Wildman–Crippen LogP) is 13.2. The zero-order valence-electron chi connectivity index (χ0n) is 26.9. The summed E-state index contributed by atoms with van der Waals surface area (Å²) in [6.07, 6.45) is 0. The Hall–Kier alpha value is -6.78. The number of rotatable bonds is 4. The lowest BCUT2D eigenvalue weighted by Gasteiger charge is -2.26. The van der Waals surface area contributed by atoms with E-state index in [1.165, 1.54) is 21.7 Å². The average molecular weight is 641 g/mol. The van der Waals surface area contributed by atoms with Crippen molar-refractivity contribution < 1.29 is 8.83 Å². The number of aromatic nitrogens is 1. The molecule has 0 spiro atoms. The van der Waals surface area contributed by atoms with Crippen molar-refractivity contribution in [3.05, 3.63) is 170 Å². The van der Waals surface area contributed by atoms with Gasteiger partial charge in [0, 0.05) is 38.3 Å². The molecule has 4 nitrogen and oxygen atoms in total. The van der Waals surface area contributed by atoms with E-state index in [0.717, 1.165) is 77.5 Å². The molecule has 3 aromatic heterocycles. The second-order valence-electron chi connectivity index (χ2n) is 12.9. The number of benzene rings is 8. The minimum atomic E-state index is 0.840. The Balaban J connectivity index is 1.26. The lowest BCUT2D eigenvalue weighted by molar-refractivity contribution is 0.668. The van der Waals surface area contributed by atoms with Gasteiger partial charge in [-0.3, -0.25) is 0 Å².